The molecular formula is C9H15Cl. The van der Waals surface area contributed by atoms with Gasteiger partial charge in [-0.2, -0.15) is 0 Å². The normalized spacial score (nSPS) is 59.7. The predicted octanol–water partition coefficient (Wildman–Crippen LogP) is 2.91. The molecule has 0 aromatic rings. The van der Waals surface area contributed by atoms with Gasteiger partial charge in [0.25, 0.3) is 0 Å². The summed E-state index contributed by atoms with van der Waals surface area (Å²) in [4.78, 5) is 0. The van der Waals surface area contributed by atoms with Gasteiger partial charge in [-0.1, -0.05) is 13.8 Å². The van der Waals surface area contributed by atoms with Gasteiger partial charge in [0, 0.05) is 5.38 Å². The van der Waals surface area contributed by atoms with E-state index in [1.807, 2.05) is 0 Å². The van der Waals surface area contributed by atoms with E-state index in [4.69, 9.17) is 11.6 Å². The van der Waals surface area contributed by atoms with Crippen LogP contribution in [0.4, 0.5) is 0 Å². The number of fused-ring (bicyclic) bond motifs is 2. The number of halogens is 1. The molecule has 0 N–H and O–H groups in total. The van der Waals surface area contributed by atoms with Gasteiger partial charge in [0.05, 0.1) is 0 Å². The van der Waals surface area contributed by atoms with Gasteiger partial charge in [0.2, 0.25) is 0 Å². The van der Waals surface area contributed by atoms with Crippen molar-refractivity contribution in [2.45, 2.75) is 32.1 Å². The molecule has 5 atom stereocenters. The van der Waals surface area contributed by atoms with Gasteiger partial charge >= 0.3 is 0 Å². The van der Waals surface area contributed by atoms with Gasteiger partial charge in [0.1, 0.15) is 0 Å². The van der Waals surface area contributed by atoms with Gasteiger partial charge in [-0.3, -0.25) is 0 Å². The van der Waals surface area contributed by atoms with Crippen molar-refractivity contribution >= 4 is 11.6 Å². The van der Waals surface area contributed by atoms with Gasteiger partial charge < -0.3 is 0 Å². The quantitative estimate of drug-likeness (QED) is 0.476. The number of alkyl halides is 1. The maximum atomic E-state index is 6.17. The Labute approximate surface area is 68.0 Å². The van der Waals surface area contributed by atoms with Gasteiger partial charge in [-0.05, 0) is 36.5 Å². The summed E-state index contributed by atoms with van der Waals surface area (Å²) >= 11 is 6.17. The zero-order valence-corrected chi connectivity index (χ0v) is 7.43. The highest BCUT2D eigenvalue weighted by Gasteiger charge is 2.47. The molecule has 0 spiro atoms. The van der Waals surface area contributed by atoms with Crippen LogP contribution in [-0.4, -0.2) is 5.38 Å². The number of hydrogen-bond donors (Lipinski definition) is 0. The van der Waals surface area contributed by atoms with Crippen LogP contribution in [0.25, 0.3) is 0 Å². The molecule has 0 aromatic heterocycles. The van der Waals surface area contributed by atoms with E-state index in [1.165, 1.54) is 12.8 Å². The molecule has 2 fully saturated rings. The van der Waals surface area contributed by atoms with E-state index in [0.29, 0.717) is 5.38 Å². The summed E-state index contributed by atoms with van der Waals surface area (Å²) in [6.45, 7) is 4.75. The van der Waals surface area contributed by atoms with Crippen LogP contribution in [0.15, 0.2) is 0 Å². The fraction of sp³-hybridized carbons (Fsp3) is 1.00. The Morgan fingerprint density at radius 2 is 1.80 bits per heavy atom. The third-order valence-corrected chi connectivity index (χ3v) is 4.32. The Hall–Kier alpha value is 0.290. The van der Waals surface area contributed by atoms with Crippen molar-refractivity contribution in [2.75, 3.05) is 0 Å². The lowest BCUT2D eigenvalue weighted by atomic mass is 9.82. The third kappa shape index (κ3) is 0.747. The molecule has 0 nitrogen and oxygen atoms in total. The molecule has 0 aromatic carbocycles. The molecule has 2 aliphatic carbocycles. The minimum atomic E-state index is 0.510. The van der Waals surface area contributed by atoms with Crippen LogP contribution in [-0.2, 0) is 0 Å². The van der Waals surface area contributed by atoms with Gasteiger partial charge in [0.15, 0.2) is 0 Å². The highest BCUT2D eigenvalue weighted by molar-refractivity contribution is 6.21. The largest absolute Gasteiger partial charge is 0.123 e. The summed E-state index contributed by atoms with van der Waals surface area (Å²) in [6, 6.07) is 0. The van der Waals surface area contributed by atoms with E-state index < -0.39 is 0 Å². The molecule has 0 amide bonds. The zero-order valence-electron chi connectivity index (χ0n) is 6.68. The van der Waals surface area contributed by atoms with E-state index in [1.54, 1.807) is 0 Å². The molecule has 2 bridgehead atoms. The molecule has 2 saturated carbocycles. The van der Waals surface area contributed by atoms with Crippen LogP contribution in [0.1, 0.15) is 26.7 Å². The average molecular weight is 159 g/mol. The third-order valence-electron chi connectivity index (χ3n) is 3.82. The Balaban J connectivity index is 2.16. The van der Waals surface area contributed by atoms with Crippen LogP contribution in [0.2, 0.25) is 0 Å². The average Bonchev–Trinajstić information content (AvgIpc) is 2.36. The van der Waals surface area contributed by atoms with Crippen LogP contribution < -0.4 is 0 Å². The molecule has 10 heavy (non-hydrogen) atoms. The maximum absolute atomic E-state index is 6.17. The maximum Gasteiger partial charge on any atom is 0.0369 e. The van der Waals surface area contributed by atoms with Crippen LogP contribution in [0, 0.1) is 23.7 Å². The number of hydrogen-bond acceptors (Lipinski definition) is 0. The molecule has 0 aliphatic heterocycles. The van der Waals surface area contributed by atoms with Crippen molar-refractivity contribution < 1.29 is 0 Å². The fourth-order valence-corrected chi connectivity index (χ4v) is 3.41. The molecule has 0 saturated heterocycles. The van der Waals surface area contributed by atoms with Crippen molar-refractivity contribution in [3.05, 3.63) is 0 Å². The van der Waals surface area contributed by atoms with Crippen molar-refractivity contribution in [1.82, 2.24) is 0 Å². The second kappa shape index (κ2) is 2.14. The summed E-state index contributed by atoms with van der Waals surface area (Å²) < 4.78 is 0. The lowest BCUT2D eigenvalue weighted by Gasteiger charge is -2.27. The van der Waals surface area contributed by atoms with Crippen molar-refractivity contribution in [3.8, 4) is 0 Å². The topological polar surface area (TPSA) is 0 Å². The summed E-state index contributed by atoms with van der Waals surface area (Å²) in [6.07, 6.45) is 2.70. The highest BCUT2D eigenvalue weighted by atomic mass is 35.5. The monoisotopic (exact) mass is 158 g/mol. The predicted molar refractivity (Wildman–Crippen MR) is 44.2 cm³/mol. The second-order valence-corrected chi connectivity index (χ2v) is 4.69. The van der Waals surface area contributed by atoms with E-state index in [9.17, 15) is 0 Å². The SMILES string of the molecule is C[C@@H]1[C@@H]2CC(Cl)[C@@H](C2)[C@H]1C. The molecule has 1 heteroatoms. The first-order valence-electron chi connectivity index (χ1n) is 4.34. The minimum absolute atomic E-state index is 0.510. The fourth-order valence-electron chi connectivity index (χ4n) is 2.85. The van der Waals surface area contributed by atoms with Crippen molar-refractivity contribution in [1.29, 1.82) is 0 Å². The summed E-state index contributed by atoms with van der Waals surface area (Å²) in [5.74, 6) is 3.64. The highest BCUT2D eigenvalue weighted by Crippen LogP contribution is 2.53. The standard InChI is InChI=1S/C9H15Cl/c1-5-6(2)8-3-7(5)4-9(8)10/h5-9H,3-4H2,1-2H3/t5-,6-,7-,8-,9?/m0/s1. The van der Waals surface area contributed by atoms with Crippen LogP contribution >= 0.6 is 11.6 Å². The summed E-state index contributed by atoms with van der Waals surface area (Å²) in [7, 11) is 0. The van der Waals surface area contributed by atoms with Crippen LogP contribution in [0.3, 0.4) is 0 Å². The first-order valence-corrected chi connectivity index (χ1v) is 4.78. The van der Waals surface area contributed by atoms with Gasteiger partial charge in [-0.15, -0.1) is 11.6 Å². The molecule has 2 aliphatic rings. The summed E-state index contributed by atoms with van der Waals surface area (Å²) in [5, 5.41) is 0.510. The Morgan fingerprint density at radius 3 is 2.20 bits per heavy atom. The molecule has 2 rings (SSSR count). The second-order valence-electron chi connectivity index (χ2n) is 4.13. The minimum Gasteiger partial charge on any atom is -0.123 e. The zero-order chi connectivity index (χ0) is 7.30. The molecule has 58 valence electrons. The Morgan fingerprint density at radius 1 is 1.10 bits per heavy atom. The number of rotatable bonds is 0. The molecule has 0 radical (unpaired) electrons. The Bertz CT molecular complexity index is 142. The van der Waals surface area contributed by atoms with Crippen molar-refractivity contribution in [2.24, 2.45) is 23.7 Å². The lowest BCUT2D eigenvalue weighted by Crippen LogP contribution is -2.24. The molecule has 0 heterocycles. The summed E-state index contributed by atoms with van der Waals surface area (Å²) in [5.41, 5.74) is 0. The lowest BCUT2D eigenvalue weighted by molar-refractivity contribution is 0.263. The molecular weight excluding hydrogens is 144 g/mol. The van der Waals surface area contributed by atoms with E-state index in [-0.39, 0.29) is 0 Å². The first-order chi connectivity index (χ1) is 4.70. The Kier molecular flexibility index (Phi) is 1.49. The van der Waals surface area contributed by atoms with Crippen LogP contribution in [0.5, 0.6) is 0 Å². The van der Waals surface area contributed by atoms with E-state index in [2.05, 4.69) is 13.8 Å². The van der Waals surface area contributed by atoms with E-state index in [0.717, 1.165) is 23.7 Å². The van der Waals surface area contributed by atoms with Gasteiger partial charge in [-0.25, -0.2) is 0 Å². The molecule has 1 unspecified atom stereocenters. The smallest absolute Gasteiger partial charge is 0.0369 e. The van der Waals surface area contributed by atoms with Crippen molar-refractivity contribution in [3.63, 3.8) is 0 Å². The first kappa shape index (κ1) is 6.97. The van der Waals surface area contributed by atoms with E-state index >= 15 is 0 Å².